The largest absolute Gasteiger partial charge is 0.463 e. The lowest BCUT2D eigenvalue weighted by Crippen LogP contribution is -2.08. The first kappa shape index (κ1) is 15.2. The van der Waals surface area contributed by atoms with Crippen molar-refractivity contribution in [2.75, 3.05) is 5.73 Å². The standard InChI is InChI=1S/C13H8BrN3O3S2/c14-8-1-6(5-21-13-17-16-12(15)22-13)11-9(2-8)10(19)7(3-18)4-20-11/h1-4H,5H2,(H2,15,16). The fourth-order valence-corrected chi connectivity index (χ4v) is 4.00. The maximum absolute atomic E-state index is 12.2. The Morgan fingerprint density at radius 1 is 1.41 bits per heavy atom. The molecule has 0 aliphatic heterocycles. The van der Waals surface area contributed by atoms with E-state index in [9.17, 15) is 9.59 Å². The highest BCUT2D eigenvalue weighted by atomic mass is 79.9. The fraction of sp³-hybridized carbons (Fsp3) is 0.0769. The quantitative estimate of drug-likeness (QED) is 0.533. The van der Waals surface area contributed by atoms with Crippen molar-refractivity contribution in [1.82, 2.24) is 10.2 Å². The fourth-order valence-electron chi connectivity index (χ4n) is 1.90. The second-order valence-electron chi connectivity index (χ2n) is 4.27. The van der Waals surface area contributed by atoms with Crippen LogP contribution in [0.1, 0.15) is 15.9 Å². The van der Waals surface area contributed by atoms with Crippen molar-refractivity contribution in [2.24, 2.45) is 0 Å². The number of anilines is 1. The summed E-state index contributed by atoms with van der Waals surface area (Å²) in [6.07, 6.45) is 1.67. The summed E-state index contributed by atoms with van der Waals surface area (Å²) in [5.74, 6) is 0.536. The van der Waals surface area contributed by atoms with Gasteiger partial charge in [-0.05, 0) is 12.1 Å². The molecule has 0 saturated heterocycles. The third-order valence-electron chi connectivity index (χ3n) is 2.84. The second kappa shape index (κ2) is 6.19. The van der Waals surface area contributed by atoms with Crippen LogP contribution in [0.3, 0.4) is 0 Å². The molecule has 0 atom stereocenters. The van der Waals surface area contributed by atoms with Gasteiger partial charge in [-0.15, -0.1) is 10.2 Å². The molecule has 2 aromatic heterocycles. The first-order valence-corrected chi connectivity index (χ1v) is 8.59. The maximum Gasteiger partial charge on any atom is 0.203 e. The Balaban J connectivity index is 2.03. The average molecular weight is 398 g/mol. The molecule has 3 aromatic rings. The molecule has 2 N–H and O–H groups in total. The number of nitrogens with zero attached hydrogens (tertiary/aromatic N) is 2. The van der Waals surface area contributed by atoms with Gasteiger partial charge in [-0.25, -0.2) is 0 Å². The number of aldehydes is 1. The Morgan fingerprint density at radius 3 is 2.91 bits per heavy atom. The van der Waals surface area contributed by atoms with Gasteiger partial charge < -0.3 is 10.2 Å². The maximum atomic E-state index is 12.2. The Morgan fingerprint density at radius 2 is 2.23 bits per heavy atom. The zero-order chi connectivity index (χ0) is 15.7. The van der Waals surface area contributed by atoms with Gasteiger partial charge in [-0.3, -0.25) is 9.59 Å². The summed E-state index contributed by atoms with van der Waals surface area (Å²) >= 11 is 6.11. The highest BCUT2D eigenvalue weighted by Gasteiger charge is 2.13. The Kier molecular flexibility index (Phi) is 4.27. The number of thioether (sulfide) groups is 1. The van der Waals surface area contributed by atoms with Gasteiger partial charge in [0.05, 0.1) is 10.9 Å². The number of benzene rings is 1. The summed E-state index contributed by atoms with van der Waals surface area (Å²) in [7, 11) is 0. The van der Waals surface area contributed by atoms with E-state index in [0.717, 1.165) is 14.4 Å². The molecule has 112 valence electrons. The molecule has 0 bridgehead atoms. The average Bonchev–Trinajstić information content (AvgIpc) is 2.91. The molecular formula is C13H8BrN3O3S2. The first-order chi connectivity index (χ1) is 10.6. The topological polar surface area (TPSA) is 99.1 Å². The highest BCUT2D eigenvalue weighted by molar-refractivity contribution is 9.10. The minimum absolute atomic E-state index is 0.00102. The summed E-state index contributed by atoms with van der Waals surface area (Å²) < 4.78 is 6.94. The smallest absolute Gasteiger partial charge is 0.203 e. The van der Waals surface area contributed by atoms with Crippen LogP contribution in [0.15, 0.2) is 36.4 Å². The van der Waals surface area contributed by atoms with E-state index in [0.29, 0.717) is 28.1 Å². The SMILES string of the molecule is Nc1nnc(SCc2cc(Br)cc3c(=O)c(C=O)coc23)s1. The molecule has 3 rings (SSSR count). The van der Waals surface area contributed by atoms with Gasteiger partial charge in [-0.1, -0.05) is 39.0 Å². The molecule has 2 heterocycles. The van der Waals surface area contributed by atoms with E-state index >= 15 is 0 Å². The Hall–Kier alpha value is -1.71. The molecule has 22 heavy (non-hydrogen) atoms. The minimum atomic E-state index is -0.344. The van der Waals surface area contributed by atoms with Crippen LogP contribution >= 0.6 is 39.0 Å². The van der Waals surface area contributed by atoms with E-state index in [2.05, 4.69) is 26.1 Å². The molecule has 0 spiro atoms. The number of carbonyl (C=O) groups excluding carboxylic acids is 1. The van der Waals surface area contributed by atoms with Crippen LogP contribution in [0.4, 0.5) is 5.13 Å². The lowest BCUT2D eigenvalue weighted by Gasteiger charge is -2.05. The van der Waals surface area contributed by atoms with Crippen molar-refractivity contribution < 1.29 is 9.21 Å². The molecule has 0 aliphatic carbocycles. The van der Waals surface area contributed by atoms with E-state index in [1.807, 2.05) is 6.07 Å². The molecule has 0 fully saturated rings. The lowest BCUT2D eigenvalue weighted by atomic mass is 10.1. The number of hydrogen-bond acceptors (Lipinski definition) is 8. The lowest BCUT2D eigenvalue weighted by molar-refractivity contribution is 0.112. The zero-order valence-corrected chi connectivity index (χ0v) is 14.1. The van der Waals surface area contributed by atoms with Crippen molar-refractivity contribution in [3.63, 3.8) is 0 Å². The number of nitrogens with two attached hydrogens (primary N) is 1. The Labute approximate surface area is 140 Å². The predicted molar refractivity (Wildman–Crippen MR) is 89.5 cm³/mol. The summed E-state index contributed by atoms with van der Waals surface area (Å²) in [6.45, 7) is 0. The van der Waals surface area contributed by atoms with Crippen LogP contribution < -0.4 is 11.2 Å². The van der Waals surface area contributed by atoms with Crippen molar-refractivity contribution in [3.8, 4) is 0 Å². The van der Waals surface area contributed by atoms with E-state index in [4.69, 9.17) is 10.2 Å². The molecule has 0 unspecified atom stereocenters. The molecular weight excluding hydrogens is 390 g/mol. The van der Waals surface area contributed by atoms with Crippen LogP contribution in [-0.4, -0.2) is 16.5 Å². The molecule has 0 radical (unpaired) electrons. The monoisotopic (exact) mass is 397 g/mol. The minimum Gasteiger partial charge on any atom is -0.463 e. The molecule has 6 nitrogen and oxygen atoms in total. The third kappa shape index (κ3) is 2.92. The van der Waals surface area contributed by atoms with Gasteiger partial charge in [0.15, 0.2) is 10.6 Å². The van der Waals surface area contributed by atoms with Gasteiger partial charge in [0, 0.05) is 15.8 Å². The number of nitrogen functional groups attached to an aromatic ring is 1. The van der Waals surface area contributed by atoms with Crippen LogP contribution in [0.25, 0.3) is 11.0 Å². The van der Waals surface area contributed by atoms with Crippen molar-refractivity contribution >= 4 is 61.4 Å². The van der Waals surface area contributed by atoms with Gasteiger partial charge in [-0.2, -0.15) is 0 Å². The van der Waals surface area contributed by atoms with E-state index in [-0.39, 0.29) is 11.0 Å². The zero-order valence-electron chi connectivity index (χ0n) is 10.9. The van der Waals surface area contributed by atoms with E-state index in [1.54, 1.807) is 6.07 Å². The van der Waals surface area contributed by atoms with Crippen LogP contribution in [-0.2, 0) is 5.75 Å². The number of carbonyl (C=O) groups is 1. The molecule has 9 heteroatoms. The first-order valence-electron chi connectivity index (χ1n) is 5.99. The summed E-state index contributed by atoms with van der Waals surface area (Å²) in [6, 6.07) is 3.51. The van der Waals surface area contributed by atoms with Crippen LogP contribution in [0.2, 0.25) is 0 Å². The second-order valence-corrected chi connectivity index (χ2v) is 7.42. The van der Waals surface area contributed by atoms with Gasteiger partial charge in [0.25, 0.3) is 0 Å². The third-order valence-corrected chi connectivity index (χ3v) is 5.23. The number of rotatable bonds is 4. The summed E-state index contributed by atoms with van der Waals surface area (Å²) in [5, 5.41) is 8.46. The molecule has 1 aromatic carbocycles. The van der Waals surface area contributed by atoms with E-state index in [1.165, 1.54) is 29.4 Å². The van der Waals surface area contributed by atoms with Gasteiger partial charge in [0.2, 0.25) is 10.6 Å². The van der Waals surface area contributed by atoms with Crippen molar-refractivity contribution in [1.29, 1.82) is 0 Å². The summed E-state index contributed by atoms with van der Waals surface area (Å²) in [4.78, 5) is 23.0. The van der Waals surface area contributed by atoms with Crippen LogP contribution in [0, 0.1) is 0 Å². The normalized spacial score (nSPS) is 11.0. The number of aromatic nitrogens is 2. The Bertz CT molecular complexity index is 923. The highest BCUT2D eigenvalue weighted by Crippen LogP contribution is 2.31. The van der Waals surface area contributed by atoms with Crippen molar-refractivity contribution in [2.45, 2.75) is 10.1 Å². The predicted octanol–water partition coefficient (Wildman–Crippen LogP) is 3.09. The number of halogens is 1. The molecule has 0 saturated carbocycles. The number of hydrogen-bond donors (Lipinski definition) is 1. The van der Waals surface area contributed by atoms with Gasteiger partial charge in [0.1, 0.15) is 11.8 Å². The van der Waals surface area contributed by atoms with Gasteiger partial charge >= 0.3 is 0 Å². The molecule has 0 amide bonds. The summed E-state index contributed by atoms with van der Waals surface area (Å²) in [5.41, 5.74) is 6.48. The number of fused-ring (bicyclic) bond motifs is 1. The van der Waals surface area contributed by atoms with E-state index < -0.39 is 0 Å². The van der Waals surface area contributed by atoms with Crippen LogP contribution in [0.5, 0.6) is 0 Å². The van der Waals surface area contributed by atoms with Crippen molar-refractivity contribution in [3.05, 3.63) is 44.2 Å². The molecule has 0 aliphatic rings.